The Morgan fingerprint density at radius 2 is 1.57 bits per heavy atom. The highest BCUT2D eigenvalue weighted by Crippen LogP contribution is 2.43. The first-order chi connectivity index (χ1) is 22.8. The summed E-state index contributed by atoms with van der Waals surface area (Å²) in [4.78, 5) is 15.0. The molecule has 2 aromatic carbocycles. The standard InChI is InChI=1S/C30H33F9N6O4/c1-4-20-14-22(21-13-17(28(31,32)33)7-8-23(21)45(20)27(47)49-6-3)40-26-41-43-44(42-26)15-24(46)25(48-5-2)11-16-9-18(29(34,35)36)12-19(10-16)30(37,38)39/h7-10,12-13,20,22,24-25,46H,4-6,11,14-15H2,1-3H3,(H,40,42)/t20-,22+,24?,25?/m1/s1. The number of hydrogen-bond acceptors (Lipinski definition) is 8. The fourth-order valence-electron chi connectivity index (χ4n) is 5.57. The molecule has 0 fully saturated rings. The van der Waals surface area contributed by atoms with Crippen molar-refractivity contribution in [2.75, 3.05) is 23.4 Å². The first-order valence-electron chi connectivity index (χ1n) is 15.1. The molecular weight excluding hydrogens is 679 g/mol. The van der Waals surface area contributed by atoms with E-state index in [0.29, 0.717) is 18.6 Å². The van der Waals surface area contributed by atoms with Crippen LogP contribution in [-0.2, 0) is 41.0 Å². The van der Waals surface area contributed by atoms with Gasteiger partial charge in [0.15, 0.2) is 0 Å². The largest absolute Gasteiger partial charge is 0.449 e. The molecule has 1 aromatic heterocycles. The van der Waals surface area contributed by atoms with Crippen LogP contribution < -0.4 is 10.2 Å². The van der Waals surface area contributed by atoms with E-state index in [2.05, 4.69) is 20.7 Å². The van der Waals surface area contributed by atoms with Gasteiger partial charge in [-0.25, -0.2) is 4.79 Å². The highest BCUT2D eigenvalue weighted by Gasteiger charge is 2.40. The Kier molecular flexibility index (Phi) is 11.4. The maximum Gasteiger partial charge on any atom is 0.416 e. The van der Waals surface area contributed by atoms with Gasteiger partial charge in [-0.1, -0.05) is 12.0 Å². The van der Waals surface area contributed by atoms with E-state index < -0.39 is 78.6 Å². The van der Waals surface area contributed by atoms with Crippen molar-refractivity contribution in [1.82, 2.24) is 20.2 Å². The molecule has 0 saturated carbocycles. The highest BCUT2D eigenvalue weighted by atomic mass is 19.4. The Labute approximate surface area is 274 Å². The molecule has 19 heteroatoms. The molecule has 0 aliphatic carbocycles. The van der Waals surface area contributed by atoms with Gasteiger partial charge in [-0.15, -0.1) is 5.10 Å². The fourth-order valence-corrected chi connectivity index (χ4v) is 5.57. The number of nitrogens with zero attached hydrogens (tertiary/aromatic N) is 5. The van der Waals surface area contributed by atoms with Gasteiger partial charge in [0.05, 0.1) is 47.7 Å². The van der Waals surface area contributed by atoms with E-state index in [9.17, 15) is 49.4 Å². The van der Waals surface area contributed by atoms with Crippen molar-refractivity contribution in [2.45, 2.75) is 89.4 Å². The lowest BCUT2D eigenvalue weighted by Crippen LogP contribution is -2.46. The predicted molar refractivity (Wildman–Crippen MR) is 155 cm³/mol. The molecule has 10 nitrogen and oxygen atoms in total. The third-order valence-corrected chi connectivity index (χ3v) is 7.80. The number of anilines is 2. The summed E-state index contributed by atoms with van der Waals surface area (Å²) in [6, 6.07) is 2.70. The number of carbonyl (C=O) groups is 1. The molecule has 0 saturated heterocycles. The number of halogens is 9. The van der Waals surface area contributed by atoms with Crippen LogP contribution in [0.3, 0.4) is 0 Å². The summed E-state index contributed by atoms with van der Waals surface area (Å²) >= 11 is 0. The quantitative estimate of drug-likeness (QED) is 0.204. The van der Waals surface area contributed by atoms with Gasteiger partial charge >= 0.3 is 24.6 Å². The van der Waals surface area contributed by atoms with E-state index in [-0.39, 0.29) is 48.5 Å². The lowest BCUT2D eigenvalue weighted by Gasteiger charge is -2.40. The minimum Gasteiger partial charge on any atom is -0.449 e. The molecular formula is C30H33F9N6O4. The summed E-state index contributed by atoms with van der Waals surface area (Å²) in [7, 11) is 0. The summed E-state index contributed by atoms with van der Waals surface area (Å²) in [5.41, 5.74) is -4.07. The number of nitrogens with one attached hydrogen (secondary N) is 1. The molecule has 49 heavy (non-hydrogen) atoms. The van der Waals surface area contributed by atoms with Crippen molar-refractivity contribution in [1.29, 1.82) is 0 Å². The van der Waals surface area contributed by atoms with Crippen molar-refractivity contribution < 1.29 is 58.9 Å². The molecule has 2 N–H and O–H groups in total. The van der Waals surface area contributed by atoms with Crippen molar-refractivity contribution in [2.24, 2.45) is 0 Å². The third kappa shape index (κ3) is 9.11. The second-order valence-electron chi connectivity index (χ2n) is 11.2. The molecule has 1 aliphatic heterocycles. The molecule has 1 aliphatic rings. The van der Waals surface area contributed by atoms with Crippen molar-refractivity contribution in [3.8, 4) is 0 Å². The summed E-state index contributed by atoms with van der Waals surface area (Å²) in [5, 5.41) is 25.6. The van der Waals surface area contributed by atoms with Crippen molar-refractivity contribution >= 4 is 17.7 Å². The van der Waals surface area contributed by atoms with E-state index in [1.807, 2.05) is 0 Å². The Bertz CT molecular complexity index is 1560. The number of tetrazole rings is 1. The maximum absolute atomic E-state index is 13.7. The molecule has 1 amide bonds. The number of aliphatic hydroxyl groups excluding tert-OH is 1. The van der Waals surface area contributed by atoms with E-state index >= 15 is 0 Å². The number of aliphatic hydroxyl groups is 1. The Hall–Kier alpha value is -4.13. The van der Waals surface area contributed by atoms with Gasteiger partial charge in [-0.05, 0) is 79.4 Å². The molecule has 3 aromatic rings. The Morgan fingerprint density at radius 3 is 2.12 bits per heavy atom. The molecule has 0 radical (unpaired) electrons. The van der Waals surface area contributed by atoms with Crippen LogP contribution in [0.4, 0.5) is 55.9 Å². The van der Waals surface area contributed by atoms with Crippen LogP contribution in [-0.4, -0.2) is 62.9 Å². The van der Waals surface area contributed by atoms with Crippen LogP contribution in [0.15, 0.2) is 36.4 Å². The minimum atomic E-state index is -5.06. The number of benzene rings is 2. The van der Waals surface area contributed by atoms with Crippen LogP contribution in [0.1, 0.15) is 67.5 Å². The zero-order valence-electron chi connectivity index (χ0n) is 26.3. The molecule has 4 atom stereocenters. The topological polar surface area (TPSA) is 115 Å². The third-order valence-electron chi connectivity index (χ3n) is 7.80. The number of ether oxygens (including phenoxy) is 2. The van der Waals surface area contributed by atoms with Gasteiger partial charge in [0.25, 0.3) is 5.95 Å². The minimum absolute atomic E-state index is 0.00477. The van der Waals surface area contributed by atoms with Gasteiger partial charge in [0.1, 0.15) is 6.10 Å². The zero-order chi connectivity index (χ0) is 36.3. The monoisotopic (exact) mass is 712 g/mol. The average molecular weight is 713 g/mol. The Morgan fingerprint density at radius 1 is 0.939 bits per heavy atom. The second-order valence-corrected chi connectivity index (χ2v) is 11.2. The smallest absolute Gasteiger partial charge is 0.416 e. The lowest BCUT2D eigenvalue weighted by molar-refractivity contribution is -0.143. The van der Waals surface area contributed by atoms with Crippen LogP contribution in [0.2, 0.25) is 0 Å². The summed E-state index contributed by atoms with van der Waals surface area (Å²) < 4.78 is 132. The van der Waals surface area contributed by atoms with Gasteiger partial charge in [-0.2, -0.15) is 44.3 Å². The summed E-state index contributed by atoms with van der Waals surface area (Å²) in [5.74, 6) is -0.166. The van der Waals surface area contributed by atoms with Crippen LogP contribution in [0.5, 0.6) is 0 Å². The maximum atomic E-state index is 13.7. The first kappa shape index (κ1) is 37.7. The van der Waals surface area contributed by atoms with Gasteiger partial charge < -0.3 is 19.9 Å². The molecule has 0 bridgehead atoms. The Balaban J connectivity index is 1.57. The van der Waals surface area contributed by atoms with Gasteiger partial charge in [0, 0.05) is 19.1 Å². The number of hydrogen-bond donors (Lipinski definition) is 2. The molecule has 2 heterocycles. The molecule has 4 rings (SSSR count). The molecule has 270 valence electrons. The van der Waals surface area contributed by atoms with E-state index in [1.54, 1.807) is 13.8 Å². The van der Waals surface area contributed by atoms with Crippen LogP contribution in [0.25, 0.3) is 0 Å². The van der Waals surface area contributed by atoms with Gasteiger partial charge in [0.2, 0.25) is 0 Å². The SMILES string of the molecule is CCOC(=O)N1c2ccc(C(F)(F)F)cc2[C@@H](Nc2nnn(CC(O)C(Cc3cc(C(F)(F)F)cc(C(F)(F)F)c3)OCC)n2)C[C@H]1CC. The summed E-state index contributed by atoms with van der Waals surface area (Å²) in [6.07, 6.45) is -18.4. The van der Waals surface area contributed by atoms with Crippen molar-refractivity contribution in [3.05, 3.63) is 64.2 Å². The predicted octanol–water partition coefficient (Wildman–Crippen LogP) is 7.04. The zero-order valence-corrected chi connectivity index (χ0v) is 26.3. The van der Waals surface area contributed by atoms with E-state index in [4.69, 9.17) is 9.47 Å². The lowest BCUT2D eigenvalue weighted by atomic mass is 9.89. The number of amides is 1. The number of aromatic nitrogens is 4. The van der Waals surface area contributed by atoms with Crippen molar-refractivity contribution in [3.63, 3.8) is 0 Å². The average Bonchev–Trinajstić information content (AvgIpc) is 3.45. The molecule has 2 unspecified atom stereocenters. The van der Waals surface area contributed by atoms with E-state index in [1.165, 1.54) is 17.9 Å². The van der Waals surface area contributed by atoms with Gasteiger partial charge in [-0.3, -0.25) is 4.90 Å². The summed E-state index contributed by atoms with van der Waals surface area (Å²) in [6.45, 7) is 4.43. The van der Waals surface area contributed by atoms with E-state index in [0.717, 1.165) is 16.9 Å². The second kappa shape index (κ2) is 14.8. The first-order valence-corrected chi connectivity index (χ1v) is 15.1. The number of rotatable bonds is 11. The number of alkyl halides is 9. The number of carbonyl (C=O) groups excluding carboxylic acids is 1. The highest BCUT2D eigenvalue weighted by molar-refractivity contribution is 5.90. The molecule has 0 spiro atoms. The van der Waals surface area contributed by atoms with Crippen LogP contribution >= 0.6 is 0 Å². The van der Waals surface area contributed by atoms with Crippen LogP contribution in [0, 0.1) is 0 Å². The number of fused-ring (bicyclic) bond motifs is 1. The fraction of sp³-hybridized carbons (Fsp3) is 0.533. The normalized spacial score (nSPS) is 18.2.